The van der Waals surface area contributed by atoms with E-state index in [0.29, 0.717) is 17.3 Å². The smallest absolute Gasteiger partial charge is 0.296 e. The van der Waals surface area contributed by atoms with Crippen LogP contribution in [0.15, 0.2) is 18.2 Å². The van der Waals surface area contributed by atoms with Crippen LogP contribution in [-0.2, 0) is 4.79 Å². The van der Waals surface area contributed by atoms with Crippen LogP contribution in [0.4, 0.5) is 11.4 Å². The first kappa shape index (κ1) is 13.2. The van der Waals surface area contributed by atoms with Crippen molar-refractivity contribution < 1.29 is 9.59 Å². The van der Waals surface area contributed by atoms with E-state index in [1.807, 2.05) is 12.1 Å². The van der Waals surface area contributed by atoms with E-state index >= 15 is 0 Å². The fourth-order valence-electron chi connectivity index (χ4n) is 3.32. The molecule has 0 bridgehead atoms. The number of amides is 1. The first-order valence-corrected chi connectivity index (χ1v) is 7.29. The molecule has 0 spiro atoms. The maximum Gasteiger partial charge on any atom is 0.296 e. The summed E-state index contributed by atoms with van der Waals surface area (Å²) in [6, 6.07) is 6.16. The highest BCUT2D eigenvalue weighted by molar-refractivity contribution is 6.51. The molecule has 1 fully saturated rings. The number of hydrogen-bond donors (Lipinski definition) is 1. The van der Waals surface area contributed by atoms with Gasteiger partial charge in [-0.2, -0.15) is 0 Å². The average molecular weight is 272 g/mol. The molecule has 1 amide bonds. The second-order valence-corrected chi connectivity index (χ2v) is 6.05. The molecule has 4 heteroatoms. The van der Waals surface area contributed by atoms with E-state index < -0.39 is 11.7 Å². The SMILES string of the molecule is CC1CCCC(N(C)c2ccc3c(c2)NC(=O)C3=O)C1. The highest BCUT2D eigenvalue weighted by Gasteiger charge is 2.29. The Bertz CT molecular complexity index is 568. The van der Waals surface area contributed by atoms with Crippen molar-refractivity contribution in [2.24, 2.45) is 5.92 Å². The predicted molar refractivity (Wildman–Crippen MR) is 79.2 cm³/mol. The third-order valence-electron chi connectivity index (χ3n) is 4.57. The van der Waals surface area contributed by atoms with Gasteiger partial charge in [-0.1, -0.05) is 19.8 Å². The molecule has 0 aromatic heterocycles. The molecule has 2 unspecified atom stereocenters. The molecule has 1 aliphatic carbocycles. The fraction of sp³-hybridized carbons (Fsp3) is 0.500. The van der Waals surface area contributed by atoms with Crippen LogP contribution >= 0.6 is 0 Å². The van der Waals surface area contributed by atoms with Crippen LogP contribution in [-0.4, -0.2) is 24.8 Å². The van der Waals surface area contributed by atoms with Crippen LogP contribution in [0.25, 0.3) is 0 Å². The molecule has 2 atom stereocenters. The van der Waals surface area contributed by atoms with E-state index in [9.17, 15) is 9.59 Å². The highest BCUT2D eigenvalue weighted by Crippen LogP contribution is 2.33. The third-order valence-corrected chi connectivity index (χ3v) is 4.57. The van der Waals surface area contributed by atoms with Crippen LogP contribution in [0, 0.1) is 5.92 Å². The predicted octanol–water partition coefficient (Wildman–Crippen LogP) is 2.84. The largest absolute Gasteiger partial charge is 0.372 e. The van der Waals surface area contributed by atoms with Crippen molar-refractivity contribution in [2.75, 3.05) is 17.3 Å². The third kappa shape index (κ3) is 2.19. The summed E-state index contributed by atoms with van der Waals surface area (Å²) in [7, 11) is 2.10. The van der Waals surface area contributed by atoms with Gasteiger partial charge in [0.25, 0.3) is 11.7 Å². The minimum absolute atomic E-state index is 0.430. The van der Waals surface area contributed by atoms with Crippen LogP contribution in [0.1, 0.15) is 43.0 Å². The number of hydrogen-bond acceptors (Lipinski definition) is 3. The lowest BCUT2D eigenvalue weighted by atomic mass is 9.86. The van der Waals surface area contributed by atoms with Crippen LogP contribution < -0.4 is 10.2 Å². The van der Waals surface area contributed by atoms with Crippen molar-refractivity contribution in [3.8, 4) is 0 Å². The van der Waals surface area contributed by atoms with Gasteiger partial charge in [0.1, 0.15) is 0 Å². The van der Waals surface area contributed by atoms with E-state index in [1.165, 1.54) is 25.7 Å². The maximum absolute atomic E-state index is 11.6. The van der Waals surface area contributed by atoms with Gasteiger partial charge in [-0.25, -0.2) is 0 Å². The number of ketones is 1. The molecule has 1 heterocycles. The summed E-state index contributed by atoms with van der Waals surface area (Å²) in [6.07, 6.45) is 5.01. The Kier molecular flexibility index (Phi) is 3.24. The summed E-state index contributed by atoms with van der Waals surface area (Å²) < 4.78 is 0. The zero-order valence-corrected chi connectivity index (χ0v) is 12.0. The standard InChI is InChI=1S/C16H20N2O2/c1-10-4-3-5-11(8-10)18(2)12-6-7-13-14(9-12)17-16(20)15(13)19/h6-7,9-11H,3-5,8H2,1-2H3,(H,17,19,20). The quantitative estimate of drug-likeness (QED) is 0.842. The van der Waals surface area contributed by atoms with Crippen LogP contribution in [0.2, 0.25) is 0 Å². The number of carbonyl (C=O) groups is 2. The van der Waals surface area contributed by atoms with Gasteiger partial charge in [0.2, 0.25) is 0 Å². The number of nitrogens with zero attached hydrogens (tertiary/aromatic N) is 1. The van der Waals surface area contributed by atoms with E-state index in [-0.39, 0.29) is 0 Å². The summed E-state index contributed by atoms with van der Waals surface area (Å²) in [5.74, 6) is -0.182. The lowest BCUT2D eigenvalue weighted by Crippen LogP contribution is -2.35. The second-order valence-electron chi connectivity index (χ2n) is 6.05. The molecule has 1 aromatic rings. The molecule has 1 aliphatic heterocycles. The summed E-state index contributed by atoms with van der Waals surface area (Å²) in [4.78, 5) is 25.3. The Labute approximate surface area is 119 Å². The molecule has 1 aromatic carbocycles. The minimum Gasteiger partial charge on any atom is -0.372 e. The first-order chi connectivity index (χ1) is 9.56. The Morgan fingerprint density at radius 1 is 1.25 bits per heavy atom. The van der Waals surface area contributed by atoms with Gasteiger partial charge in [-0.05, 0) is 37.0 Å². The number of nitrogens with one attached hydrogen (secondary N) is 1. The number of carbonyl (C=O) groups excluding carboxylic acids is 2. The van der Waals surface area contributed by atoms with E-state index in [4.69, 9.17) is 0 Å². The van der Waals surface area contributed by atoms with Gasteiger partial charge in [0, 0.05) is 18.8 Å². The van der Waals surface area contributed by atoms with Gasteiger partial charge < -0.3 is 10.2 Å². The summed E-state index contributed by atoms with van der Waals surface area (Å²) in [5, 5.41) is 2.64. The Hall–Kier alpha value is -1.84. The average Bonchev–Trinajstić information content (AvgIpc) is 2.73. The number of fused-ring (bicyclic) bond motifs is 1. The van der Waals surface area contributed by atoms with Crippen molar-refractivity contribution in [1.82, 2.24) is 0 Å². The lowest BCUT2D eigenvalue weighted by Gasteiger charge is -2.35. The van der Waals surface area contributed by atoms with Gasteiger partial charge in [0.05, 0.1) is 11.3 Å². The van der Waals surface area contributed by atoms with Crippen LogP contribution in [0.5, 0.6) is 0 Å². The molecule has 106 valence electrons. The molecule has 1 N–H and O–H groups in total. The molecular weight excluding hydrogens is 252 g/mol. The van der Waals surface area contributed by atoms with E-state index in [1.54, 1.807) is 6.07 Å². The van der Waals surface area contributed by atoms with Crippen molar-refractivity contribution in [3.63, 3.8) is 0 Å². The summed E-state index contributed by atoms with van der Waals surface area (Å²) >= 11 is 0. The van der Waals surface area contributed by atoms with Crippen molar-refractivity contribution >= 4 is 23.1 Å². The van der Waals surface area contributed by atoms with Gasteiger partial charge in [-0.3, -0.25) is 9.59 Å². The lowest BCUT2D eigenvalue weighted by molar-refractivity contribution is -0.112. The highest BCUT2D eigenvalue weighted by atomic mass is 16.2. The molecule has 2 aliphatic rings. The zero-order valence-electron chi connectivity index (χ0n) is 12.0. The molecule has 1 saturated carbocycles. The van der Waals surface area contributed by atoms with E-state index in [0.717, 1.165) is 11.6 Å². The van der Waals surface area contributed by atoms with Crippen molar-refractivity contribution in [3.05, 3.63) is 23.8 Å². The summed E-state index contributed by atoms with van der Waals surface area (Å²) in [5.41, 5.74) is 2.20. The molecule has 20 heavy (non-hydrogen) atoms. The van der Waals surface area contributed by atoms with Crippen molar-refractivity contribution in [2.45, 2.75) is 38.6 Å². The van der Waals surface area contributed by atoms with Gasteiger partial charge in [0.15, 0.2) is 0 Å². The Balaban J connectivity index is 1.83. The zero-order chi connectivity index (χ0) is 14.3. The molecule has 3 rings (SSSR count). The monoisotopic (exact) mass is 272 g/mol. The molecule has 0 saturated heterocycles. The maximum atomic E-state index is 11.6. The second kappa shape index (κ2) is 4.93. The summed E-state index contributed by atoms with van der Waals surface area (Å²) in [6.45, 7) is 2.31. The molecular formula is C16H20N2O2. The van der Waals surface area contributed by atoms with Crippen LogP contribution in [0.3, 0.4) is 0 Å². The Morgan fingerprint density at radius 3 is 2.80 bits per heavy atom. The fourth-order valence-corrected chi connectivity index (χ4v) is 3.32. The number of benzene rings is 1. The number of anilines is 2. The normalized spacial score (nSPS) is 25.3. The topological polar surface area (TPSA) is 49.4 Å². The Morgan fingerprint density at radius 2 is 2.05 bits per heavy atom. The van der Waals surface area contributed by atoms with Gasteiger partial charge >= 0.3 is 0 Å². The minimum atomic E-state index is -0.522. The number of rotatable bonds is 2. The van der Waals surface area contributed by atoms with Crippen molar-refractivity contribution in [1.29, 1.82) is 0 Å². The number of Topliss-reactive ketones (excluding diaryl/α,β-unsaturated/α-hetero) is 1. The van der Waals surface area contributed by atoms with E-state index in [2.05, 4.69) is 24.2 Å². The molecule has 4 nitrogen and oxygen atoms in total. The first-order valence-electron chi connectivity index (χ1n) is 7.29. The molecule has 0 radical (unpaired) electrons. The van der Waals surface area contributed by atoms with Gasteiger partial charge in [-0.15, -0.1) is 0 Å².